The number of rotatable bonds is 6. The van der Waals surface area contributed by atoms with Crippen LogP contribution in [0, 0.1) is 0 Å². The minimum Gasteiger partial charge on any atom is -0.328 e. The Labute approximate surface area is 148 Å². The van der Waals surface area contributed by atoms with Gasteiger partial charge in [0.25, 0.3) is 0 Å². The summed E-state index contributed by atoms with van der Waals surface area (Å²) in [6.45, 7) is 5.13. The lowest BCUT2D eigenvalue weighted by atomic mass is 10.1. The van der Waals surface area contributed by atoms with Crippen LogP contribution in [0.15, 0.2) is 5.38 Å². The quantitative estimate of drug-likeness (QED) is 0.809. The van der Waals surface area contributed by atoms with Crippen LogP contribution in [-0.4, -0.2) is 34.9 Å². The summed E-state index contributed by atoms with van der Waals surface area (Å²) in [5.41, 5.74) is 6.70. The lowest BCUT2D eigenvalue weighted by molar-refractivity contribution is -0.116. The molecule has 1 aromatic rings. The van der Waals surface area contributed by atoms with Crippen molar-refractivity contribution < 1.29 is 4.79 Å². The number of carbonyl (C=O) groups excluding carboxylic acids is 1. The number of piperidine rings is 1. The fourth-order valence-electron chi connectivity index (χ4n) is 2.32. The van der Waals surface area contributed by atoms with Gasteiger partial charge in [0, 0.05) is 24.4 Å². The number of nitrogens with two attached hydrogens (primary N) is 1. The SMILES string of the molecule is CC(N)CCC(=O)Nc1nc(CN2CCCCC2)cs1.Cl.Cl. The van der Waals surface area contributed by atoms with Crippen LogP contribution in [0.25, 0.3) is 0 Å². The Morgan fingerprint density at radius 1 is 1.41 bits per heavy atom. The third-order valence-electron chi connectivity index (χ3n) is 3.46. The van der Waals surface area contributed by atoms with Gasteiger partial charge >= 0.3 is 0 Å². The molecule has 1 amide bonds. The highest BCUT2D eigenvalue weighted by molar-refractivity contribution is 7.13. The normalized spacial score (nSPS) is 16.3. The van der Waals surface area contributed by atoms with Gasteiger partial charge in [-0.15, -0.1) is 36.2 Å². The first-order valence-corrected chi connectivity index (χ1v) is 8.23. The minimum atomic E-state index is 0. The van der Waals surface area contributed by atoms with E-state index in [1.807, 2.05) is 12.3 Å². The molecule has 22 heavy (non-hydrogen) atoms. The van der Waals surface area contributed by atoms with Gasteiger partial charge < -0.3 is 11.1 Å². The predicted molar refractivity (Wildman–Crippen MR) is 97.3 cm³/mol. The Kier molecular flexibility index (Phi) is 11.0. The predicted octanol–water partition coefficient (Wildman–Crippen LogP) is 3.04. The molecule has 128 valence electrons. The summed E-state index contributed by atoms with van der Waals surface area (Å²) >= 11 is 1.50. The molecule has 0 spiro atoms. The molecule has 1 aromatic heterocycles. The van der Waals surface area contributed by atoms with Crippen LogP contribution in [-0.2, 0) is 11.3 Å². The zero-order chi connectivity index (χ0) is 14.4. The smallest absolute Gasteiger partial charge is 0.226 e. The number of aromatic nitrogens is 1. The number of thiazole rings is 1. The van der Waals surface area contributed by atoms with Crippen LogP contribution in [0.2, 0.25) is 0 Å². The largest absolute Gasteiger partial charge is 0.328 e. The number of anilines is 1. The maximum absolute atomic E-state index is 11.7. The van der Waals surface area contributed by atoms with Crippen LogP contribution in [0.4, 0.5) is 5.13 Å². The molecule has 1 atom stereocenters. The third-order valence-corrected chi connectivity index (χ3v) is 4.27. The lowest BCUT2D eigenvalue weighted by Crippen LogP contribution is -2.29. The molecule has 3 N–H and O–H groups in total. The van der Waals surface area contributed by atoms with Crippen LogP contribution < -0.4 is 11.1 Å². The zero-order valence-electron chi connectivity index (χ0n) is 12.9. The van der Waals surface area contributed by atoms with Crippen LogP contribution in [0.3, 0.4) is 0 Å². The molecular formula is C14H26Cl2N4OS. The molecule has 5 nitrogen and oxygen atoms in total. The molecule has 1 aliphatic rings. The van der Waals surface area contributed by atoms with Gasteiger partial charge in [0.1, 0.15) is 0 Å². The standard InChI is InChI=1S/C14H24N4OS.2ClH/c1-11(15)5-6-13(19)17-14-16-12(10-20-14)9-18-7-3-2-4-8-18;;/h10-11H,2-9,15H2,1H3,(H,16,17,19);2*1H. The maximum Gasteiger partial charge on any atom is 0.226 e. The summed E-state index contributed by atoms with van der Waals surface area (Å²) in [6, 6.07) is 0.0618. The molecule has 1 fully saturated rings. The lowest BCUT2D eigenvalue weighted by Gasteiger charge is -2.25. The summed E-state index contributed by atoms with van der Waals surface area (Å²) in [6.07, 6.45) is 5.07. The van der Waals surface area contributed by atoms with E-state index in [0.717, 1.165) is 25.3 Å². The molecule has 0 bridgehead atoms. The summed E-state index contributed by atoms with van der Waals surface area (Å²) in [5, 5.41) is 5.59. The van der Waals surface area contributed by atoms with E-state index in [-0.39, 0.29) is 36.8 Å². The van der Waals surface area contributed by atoms with Crippen molar-refractivity contribution in [2.75, 3.05) is 18.4 Å². The second-order valence-corrected chi connectivity index (χ2v) is 6.40. The van der Waals surface area contributed by atoms with E-state index in [9.17, 15) is 4.79 Å². The summed E-state index contributed by atoms with van der Waals surface area (Å²) in [7, 11) is 0. The monoisotopic (exact) mass is 368 g/mol. The van der Waals surface area contributed by atoms with E-state index in [0.29, 0.717) is 18.0 Å². The number of nitrogens with one attached hydrogen (secondary N) is 1. The molecule has 2 rings (SSSR count). The highest BCUT2D eigenvalue weighted by atomic mass is 35.5. The van der Waals surface area contributed by atoms with Gasteiger partial charge in [-0.3, -0.25) is 9.69 Å². The Bertz CT molecular complexity index is 436. The van der Waals surface area contributed by atoms with Crippen molar-refractivity contribution in [2.24, 2.45) is 5.73 Å². The summed E-state index contributed by atoms with van der Waals surface area (Å²) < 4.78 is 0. The first-order valence-electron chi connectivity index (χ1n) is 7.35. The van der Waals surface area contributed by atoms with Crippen molar-refractivity contribution in [3.63, 3.8) is 0 Å². The van der Waals surface area contributed by atoms with Crippen molar-refractivity contribution in [2.45, 2.75) is 51.6 Å². The van der Waals surface area contributed by atoms with Gasteiger partial charge in [0.15, 0.2) is 5.13 Å². The third kappa shape index (κ3) is 7.74. The highest BCUT2D eigenvalue weighted by Gasteiger charge is 2.13. The molecular weight excluding hydrogens is 343 g/mol. The van der Waals surface area contributed by atoms with Crippen LogP contribution >= 0.6 is 36.2 Å². The molecule has 1 saturated heterocycles. The van der Waals surface area contributed by atoms with E-state index in [2.05, 4.69) is 15.2 Å². The average Bonchev–Trinajstić information content (AvgIpc) is 2.85. The van der Waals surface area contributed by atoms with E-state index in [1.165, 1.54) is 30.6 Å². The van der Waals surface area contributed by atoms with Crippen molar-refractivity contribution in [1.29, 1.82) is 0 Å². The van der Waals surface area contributed by atoms with Crippen LogP contribution in [0.1, 0.15) is 44.7 Å². The molecule has 2 heterocycles. The molecule has 0 aliphatic carbocycles. The molecule has 0 saturated carbocycles. The Morgan fingerprint density at radius 2 is 2.09 bits per heavy atom. The number of halogens is 2. The van der Waals surface area contributed by atoms with Gasteiger partial charge in [0.05, 0.1) is 5.69 Å². The van der Waals surface area contributed by atoms with Gasteiger partial charge in [0.2, 0.25) is 5.91 Å². The fraction of sp³-hybridized carbons (Fsp3) is 0.714. The van der Waals surface area contributed by atoms with E-state index >= 15 is 0 Å². The topological polar surface area (TPSA) is 71.2 Å². The first kappa shape index (κ1) is 21.6. The molecule has 0 aromatic carbocycles. The summed E-state index contributed by atoms with van der Waals surface area (Å²) in [5.74, 6) is 0.00109. The van der Waals surface area contributed by atoms with Crippen LogP contribution in [0.5, 0.6) is 0 Å². The van der Waals surface area contributed by atoms with Crippen molar-refractivity contribution >= 4 is 47.2 Å². The maximum atomic E-state index is 11.7. The molecule has 1 unspecified atom stereocenters. The Hall–Kier alpha value is -0.400. The fourth-order valence-corrected chi connectivity index (χ4v) is 3.04. The van der Waals surface area contributed by atoms with Crippen molar-refractivity contribution in [1.82, 2.24) is 9.88 Å². The van der Waals surface area contributed by atoms with Crippen molar-refractivity contribution in [3.05, 3.63) is 11.1 Å². The molecule has 1 aliphatic heterocycles. The van der Waals surface area contributed by atoms with Gasteiger partial charge in [-0.2, -0.15) is 0 Å². The van der Waals surface area contributed by atoms with Gasteiger partial charge in [-0.05, 0) is 39.3 Å². The van der Waals surface area contributed by atoms with E-state index in [4.69, 9.17) is 5.73 Å². The summed E-state index contributed by atoms with van der Waals surface area (Å²) in [4.78, 5) is 18.6. The number of nitrogens with zero attached hydrogens (tertiary/aromatic N) is 2. The average molecular weight is 369 g/mol. The Morgan fingerprint density at radius 3 is 2.73 bits per heavy atom. The highest BCUT2D eigenvalue weighted by Crippen LogP contribution is 2.19. The molecule has 0 radical (unpaired) electrons. The zero-order valence-corrected chi connectivity index (χ0v) is 15.4. The minimum absolute atomic E-state index is 0. The Balaban J connectivity index is 0.00000220. The number of hydrogen-bond donors (Lipinski definition) is 2. The second-order valence-electron chi connectivity index (χ2n) is 5.54. The number of carbonyl (C=O) groups is 1. The second kappa shape index (κ2) is 11.2. The number of likely N-dealkylation sites (tertiary alicyclic amines) is 1. The molecule has 8 heteroatoms. The number of hydrogen-bond acceptors (Lipinski definition) is 5. The van der Waals surface area contributed by atoms with Crippen molar-refractivity contribution in [3.8, 4) is 0 Å². The van der Waals surface area contributed by atoms with Gasteiger partial charge in [-0.1, -0.05) is 6.42 Å². The van der Waals surface area contributed by atoms with Gasteiger partial charge in [-0.25, -0.2) is 4.98 Å². The van der Waals surface area contributed by atoms with E-state index in [1.54, 1.807) is 0 Å². The first-order chi connectivity index (χ1) is 9.63. The van der Waals surface area contributed by atoms with E-state index < -0.39 is 0 Å². The number of amides is 1.